The highest BCUT2D eigenvalue weighted by Crippen LogP contribution is 2.34. The summed E-state index contributed by atoms with van der Waals surface area (Å²) < 4.78 is 33.5. The first-order chi connectivity index (χ1) is 12.8. The number of pyridine rings is 1. The van der Waals surface area contributed by atoms with Crippen molar-refractivity contribution in [3.63, 3.8) is 0 Å². The van der Waals surface area contributed by atoms with Crippen molar-refractivity contribution in [3.05, 3.63) is 36.4 Å². The number of sulfone groups is 1. The molecule has 1 amide bonds. The summed E-state index contributed by atoms with van der Waals surface area (Å²) in [6, 6.07) is 9.79. The van der Waals surface area contributed by atoms with Crippen LogP contribution in [0.4, 0.5) is 5.82 Å². The number of hydrogen-bond acceptors (Lipinski definition) is 7. The maximum Gasteiger partial charge on any atom is 0.242 e. The van der Waals surface area contributed by atoms with Gasteiger partial charge in [0.15, 0.2) is 11.5 Å². The van der Waals surface area contributed by atoms with Crippen LogP contribution in [0.5, 0.6) is 11.5 Å². The number of rotatable bonds is 6. The number of anilines is 1. The standard InChI is InChI=1S/C18H21N3O5S.ClH/c1-27(23,24)10-7-13(19)18(22)21-17-4-2-3-14(20-17)12-5-6-15-16(11-12)26-9-8-25-15;/h2-6,11,13H,7-10,19H2,1H3,(H,20,21,22);1H. The summed E-state index contributed by atoms with van der Waals surface area (Å²) >= 11 is 0. The number of carbonyl (C=O) groups is 1. The largest absolute Gasteiger partial charge is 0.486 e. The third-order valence-corrected chi connectivity index (χ3v) is 4.95. The van der Waals surface area contributed by atoms with Crippen LogP contribution in [-0.4, -0.2) is 50.6 Å². The lowest BCUT2D eigenvalue weighted by atomic mass is 10.1. The van der Waals surface area contributed by atoms with Gasteiger partial charge in [0, 0.05) is 11.8 Å². The average Bonchev–Trinajstić information content (AvgIpc) is 2.65. The van der Waals surface area contributed by atoms with E-state index in [4.69, 9.17) is 15.2 Å². The van der Waals surface area contributed by atoms with Crippen molar-refractivity contribution in [1.82, 2.24) is 4.98 Å². The van der Waals surface area contributed by atoms with Crippen LogP contribution in [0.2, 0.25) is 0 Å². The second-order valence-electron chi connectivity index (χ2n) is 6.28. The molecule has 1 atom stereocenters. The van der Waals surface area contributed by atoms with Crippen molar-refractivity contribution in [1.29, 1.82) is 0 Å². The van der Waals surface area contributed by atoms with Crippen molar-refractivity contribution in [3.8, 4) is 22.8 Å². The van der Waals surface area contributed by atoms with Gasteiger partial charge in [0.05, 0.1) is 17.5 Å². The molecule has 8 nitrogen and oxygen atoms in total. The zero-order valence-electron chi connectivity index (χ0n) is 15.3. The first-order valence-electron chi connectivity index (χ1n) is 8.43. The van der Waals surface area contributed by atoms with E-state index in [2.05, 4.69) is 10.3 Å². The SMILES string of the molecule is CS(=O)(=O)CCC(N)C(=O)Nc1cccc(-c2ccc3c(c2)OCCO3)n1.Cl. The Bertz CT molecular complexity index is 952. The number of benzene rings is 1. The summed E-state index contributed by atoms with van der Waals surface area (Å²) in [6.07, 6.45) is 1.16. The second-order valence-corrected chi connectivity index (χ2v) is 8.54. The highest BCUT2D eigenvalue weighted by molar-refractivity contribution is 7.90. The first-order valence-corrected chi connectivity index (χ1v) is 10.5. The van der Waals surface area contributed by atoms with Gasteiger partial charge in [-0.25, -0.2) is 13.4 Å². The maximum absolute atomic E-state index is 12.2. The van der Waals surface area contributed by atoms with E-state index in [1.165, 1.54) is 0 Å². The smallest absolute Gasteiger partial charge is 0.242 e. The molecule has 0 bridgehead atoms. The van der Waals surface area contributed by atoms with Crippen LogP contribution in [0, 0.1) is 0 Å². The van der Waals surface area contributed by atoms with E-state index in [0.29, 0.717) is 36.2 Å². The van der Waals surface area contributed by atoms with E-state index in [-0.39, 0.29) is 24.6 Å². The summed E-state index contributed by atoms with van der Waals surface area (Å²) in [6.45, 7) is 1.01. The predicted octanol–water partition coefficient (Wildman–Crippen LogP) is 1.64. The lowest BCUT2D eigenvalue weighted by Gasteiger charge is -2.19. The van der Waals surface area contributed by atoms with Crippen LogP contribution in [-0.2, 0) is 14.6 Å². The molecule has 2 heterocycles. The molecule has 0 radical (unpaired) electrons. The lowest BCUT2D eigenvalue weighted by Crippen LogP contribution is -2.37. The fourth-order valence-electron chi connectivity index (χ4n) is 2.56. The second kappa shape index (κ2) is 9.22. The molecular formula is C18H22ClN3O5S. The minimum atomic E-state index is -3.17. The fourth-order valence-corrected chi connectivity index (χ4v) is 3.24. The van der Waals surface area contributed by atoms with Crippen LogP contribution in [0.25, 0.3) is 11.3 Å². The fraction of sp³-hybridized carbons (Fsp3) is 0.333. The van der Waals surface area contributed by atoms with Gasteiger partial charge < -0.3 is 20.5 Å². The monoisotopic (exact) mass is 427 g/mol. The summed E-state index contributed by atoms with van der Waals surface area (Å²) in [5.74, 6) is 1.04. The molecular weight excluding hydrogens is 406 g/mol. The molecule has 3 rings (SSSR count). The van der Waals surface area contributed by atoms with Gasteiger partial charge in [0.2, 0.25) is 5.91 Å². The molecule has 0 spiro atoms. The molecule has 0 saturated heterocycles. The Balaban J connectivity index is 0.00000280. The van der Waals surface area contributed by atoms with Crippen molar-refractivity contribution in [2.75, 3.05) is 30.5 Å². The van der Waals surface area contributed by atoms with Crippen LogP contribution >= 0.6 is 12.4 Å². The topological polar surface area (TPSA) is 121 Å². The van der Waals surface area contributed by atoms with Gasteiger partial charge in [-0.05, 0) is 36.8 Å². The Morgan fingerprint density at radius 2 is 1.93 bits per heavy atom. The summed E-state index contributed by atoms with van der Waals surface area (Å²) in [4.78, 5) is 16.6. The Labute approximate surface area is 169 Å². The molecule has 10 heteroatoms. The third-order valence-electron chi connectivity index (χ3n) is 3.97. The quantitative estimate of drug-likeness (QED) is 0.718. The number of halogens is 1. The van der Waals surface area contributed by atoms with Gasteiger partial charge in [-0.15, -0.1) is 12.4 Å². The van der Waals surface area contributed by atoms with Gasteiger partial charge in [-0.1, -0.05) is 6.07 Å². The van der Waals surface area contributed by atoms with Crippen molar-refractivity contribution < 1.29 is 22.7 Å². The van der Waals surface area contributed by atoms with Gasteiger partial charge >= 0.3 is 0 Å². The number of fused-ring (bicyclic) bond motifs is 1. The molecule has 152 valence electrons. The zero-order valence-corrected chi connectivity index (χ0v) is 16.9. The highest BCUT2D eigenvalue weighted by Gasteiger charge is 2.17. The summed E-state index contributed by atoms with van der Waals surface area (Å²) in [5.41, 5.74) is 7.23. The molecule has 1 aromatic heterocycles. The van der Waals surface area contributed by atoms with Crippen LogP contribution in [0.3, 0.4) is 0 Å². The van der Waals surface area contributed by atoms with E-state index in [0.717, 1.165) is 11.8 Å². The normalized spacial score (nSPS) is 13.9. The number of nitrogens with zero attached hydrogens (tertiary/aromatic N) is 1. The zero-order chi connectivity index (χ0) is 19.4. The van der Waals surface area contributed by atoms with Crippen molar-refractivity contribution in [2.45, 2.75) is 12.5 Å². The molecule has 28 heavy (non-hydrogen) atoms. The molecule has 3 N–H and O–H groups in total. The average molecular weight is 428 g/mol. The third kappa shape index (κ3) is 5.82. The van der Waals surface area contributed by atoms with Gasteiger partial charge in [0.25, 0.3) is 0 Å². The number of amides is 1. The van der Waals surface area contributed by atoms with E-state index < -0.39 is 21.8 Å². The molecule has 1 unspecified atom stereocenters. The van der Waals surface area contributed by atoms with Crippen LogP contribution in [0.1, 0.15) is 6.42 Å². The van der Waals surface area contributed by atoms with Crippen LogP contribution < -0.4 is 20.5 Å². The van der Waals surface area contributed by atoms with Gasteiger partial charge in [0.1, 0.15) is 28.9 Å². The number of aromatic nitrogens is 1. The minimum Gasteiger partial charge on any atom is -0.486 e. The van der Waals surface area contributed by atoms with E-state index in [1.54, 1.807) is 12.1 Å². The van der Waals surface area contributed by atoms with Gasteiger partial charge in [-0.2, -0.15) is 0 Å². The highest BCUT2D eigenvalue weighted by atomic mass is 35.5. The Morgan fingerprint density at radius 1 is 1.21 bits per heavy atom. The van der Waals surface area contributed by atoms with Gasteiger partial charge in [-0.3, -0.25) is 4.79 Å². The molecule has 1 aromatic carbocycles. The summed E-state index contributed by atoms with van der Waals surface area (Å²) in [5, 5.41) is 2.62. The summed E-state index contributed by atoms with van der Waals surface area (Å²) in [7, 11) is -3.17. The Kier molecular flexibility index (Phi) is 7.22. The van der Waals surface area contributed by atoms with E-state index in [9.17, 15) is 13.2 Å². The van der Waals surface area contributed by atoms with Crippen molar-refractivity contribution in [2.24, 2.45) is 5.73 Å². The number of nitrogens with one attached hydrogen (secondary N) is 1. The molecule has 0 saturated carbocycles. The Morgan fingerprint density at radius 3 is 2.64 bits per heavy atom. The molecule has 1 aliphatic rings. The van der Waals surface area contributed by atoms with E-state index >= 15 is 0 Å². The molecule has 2 aromatic rings. The first kappa shape index (κ1) is 21.9. The number of hydrogen-bond donors (Lipinski definition) is 2. The lowest BCUT2D eigenvalue weighted by molar-refractivity contribution is -0.117. The maximum atomic E-state index is 12.2. The minimum absolute atomic E-state index is 0. The molecule has 0 fully saturated rings. The Hall–Kier alpha value is -2.36. The van der Waals surface area contributed by atoms with E-state index in [1.807, 2.05) is 24.3 Å². The predicted molar refractivity (Wildman–Crippen MR) is 109 cm³/mol. The van der Waals surface area contributed by atoms with Crippen LogP contribution in [0.15, 0.2) is 36.4 Å². The van der Waals surface area contributed by atoms with Crippen molar-refractivity contribution >= 4 is 34.0 Å². The number of ether oxygens (including phenoxy) is 2. The molecule has 1 aliphatic heterocycles. The number of carbonyl (C=O) groups excluding carboxylic acids is 1. The number of nitrogens with two attached hydrogens (primary N) is 1. The molecule has 0 aliphatic carbocycles.